The highest BCUT2D eigenvalue weighted by Crippen LogP contribution is 2.42. The summed E-state index contributed by atoms with van der Waals surface area (Å²) >= 11 is 9.24. The quantitative estimate of drug-likeness (QED) is 0.779. The minimum atomic E-state index is -0.159. The molecular weight excluding hydrogens is 372 g/mol. The van der Waals surface area contributed by atoms with E-state index in [0.717, 1.165) is 40.9 Å². The number of H-pyrrole nitrogens is 1. The number of allylic oxidation sites excluding steroid dienone is 1. The van der Waals surface area contributed by atoms with Gasteiger partial charge in [-0.3, -0.25) is 5.10 Å². The first-order chi connectivity index (χ1) is 11.1. The fraction of sp³-hybridized carbons (Fsp3) is 0.353. The molecule has 1 aromatic carbocycles. The Hall–Kier alpha value is -1.37. The van der Waals surface area contributed by atoms with Crippen molar-refractivity contribution in [2.45, 2.75) is 37.1 Å². The fourth-order valence-electron chi connectivity index (χ4n) is 3.15. The summed E-state index contributed by atoms with van der Waals surface area (Å²) in [7, 11) is 0. The number of nitrogens with zero attached hydrogens (tertiary/aromatic N) is 2. The molecule has 23 heavy (non-hydrogen) atoms. The predicted molar refractivity (Wildman–Crippen MR) is 100 cm³/mol. The summed E-state index contributed by atoms with van der Waals surface area (Å²) < 4.78 is 1.12. The van der Waals surface area contributed by atoms with Crippen molar-refractivity contribution in [2.75, 3.05) is 0 Å². The summed E-state index contributed by atoms with van der Waals surface area (Å²) in [6, 6.07) is 10.3. The zero-order chi connectivity index (χ0) is 16.3. The summed E-state index contributed by atoms with van der Waals surface area (Å²) in [5, 5.41) is 7.08. The number of benzene rings is 1. The molecule has 2 unspecified atom stereocenters. The normalized spacial score (nSPS) is 25.6. The fourth-order valence-corrected chi connectivity index (χ4v) is 4.34. The first kappa shape index (κ1) is 16.5. The summed E-state index contributed by atoms with van der Waals surface area (Å²) in [6.07, 6.45) is 7.12. The van der Waals surface area contributed by atoms with Crippen molar-refractivity contribution >= 4 is 39.1 Å². The van der Waals surface area contributed by atoms with Crippen molar-refractivity contribution in [1.82, 2.24) is 15.2 Å². The van der Waals surface area contributed by atoms with Crippen molar-refractivity contribution < 1.29 is 0 Å². The summed E-state index contributed by atoms with van der Waals surface area (Å²) in [5.41, 5.74) is 7.10. The van der Waals surface area contributed by atoms with Crippen LogP contribution in [0.25, 0.3) is 6.08 Å². The van der Waals surface area contributed by atoms with Crippen LogP contribution in [0, 0.1) is 0 Å². The van der Waals surface area contributed by atoms with Crippen molar-refractivity contribution in [2.24, 2.45) is 5.73 Å². The van der Waals surface area contributed by atoms with Gasteiger partial charge in [-0.2, -0.15) is 5.10 Å². The third-order valence-corrected chi connectivity index (χ3v) is 5.36. The second-order valence-electron chi connectivity index (χ2n) is 6.08. The molecule has 1 aliphatic carbocycles. The van der Waals surface area contributed by atoms with Crippen molar-refractivity contribution in [3.63, 3.8) is 0 Å². The number of nitrogens with one attached hydrogen (secondary N) is 1. The number of aromatic nitrogens is 3. The van der Waals surface area contributed by atoms with Gasteiger partial charge in [-0.1, -0.05) is 58.5 Å². The first-order valence-corrected chi connectivity index (χ1v) is 8.84. The van der Waals surface area contributed by atoms with Crippen LogP contribution < -0.4 is 5.73 Å². The largest absolute Gasteiger partial charge is 0.324 e. The molecule has 2 aromatic rings. The van der Waals surface area contributed by atoms with Gasteiger partial charge in [0.15, 0.2) is 0 Å². The summed E-state index contributed by atoms with van der Waals surface area (Å²) in [5.74, 6) is 0.894. The van der Waals surface area contributed by atoms with E-state index in [-0.39, 0.29) is 11.5 Å². The molecule has 1 heterocycles. The third-order valence-electron chi connectivity index (χ3n) is 4.41. The van der Waals surface area contributed by atoms with E-state index in [1.807, 2.05) is 18.2 Å². The molecule has 0 spiro atoms. The number of aromatic amines is 1. The van der Waals surface area contributed by atoms with Gasteiger partial charge in [-0.25, -0.2) is 4.98 Å². The molecule has 4 nitrogen and oxygen atoms in total. The zero-order valence-corrected chi connectivity index (χ0v) is 15.1. The van der Waals surface area contributed by atoms with E-state index < -0.39 is 0 Å². The van der Waals surface area contributed by atoms with E-state index in [9.17, 15) is 0 Å². The zero-order valence-electron chi connectivity index (χ0n) is 12.7. The minimum Gasteiger partial charge on any atom is -0.324 e. The van der Waals surface area contributed by atoms with E-state index in [4.69, 9.17) is 18.0 Å². The van der Waals surface area contributed by atoms with Gasteiger partial charge in [0.2, 0.25) is 0 Å². The van der Waals surface area contributed by atoms with Crippen molar-refractivity contribution in [3.8, 4) is 0 Å². The maximum Gasteiger partial charge on any atom is 0.137 e. The lowest BCUT2D eigenvalue weighted by Gasteiger charge is -2.38. The van der Waals surface area contributed by atoms with E-state index in [1.165, 1.54) is 5.56 Å². The molecule has 0 radical (unpaired) electrons. The number of thiocarbonyl (C=S) groups is 1. The number of hydrogen-bond acceptors (Lipinski definition) is 4. The van der Waals surface area contributed by atoms with Gasteiger partial charge in [0.1, 0.15) is 12.2 Å². The SMILES string of the molecule is NC1CCC(CC(Br)=Cc2ccccc2)(c2ncn[nH]2)CC1=S. The minimum absolute atomic E-state index is 0.0120. The Kier molecular flexibility index (Phi) is 5.04. The lowest BCUT2D eigenvalue weighted by molar-refractivity contribution is 0.348. The van der Waals surface area contributed by atoms with Gasteiger partial charge >= 0.3 is 0 Å². The lowest BCUT2D eigenvalue weighted by atomic mass is 9.69. The van der Waals surface area contributed by atoms with Crippen LogP contribution in [0.15, 0.2) is 41.1 Å². The van der Waals surface area contributed by atoms with Gasteiger partial charge < -0.3 is 5.73 Å². The Morgan fingerprint density at radius 2 is 2.22 bits per heavy atom. The smallest absolute Gasteiger partial charge is 0.137 e. The van der Waals surface area contributed by atoms with Crippen LogP contribution >= 0.6 is 28.1 Å². The first-order valence-electron chi connectivity index (χ1n) is 7.64. The van der Waals surface area contributed by atoms with Crippen LogP contribution in [0.3, 0.4) is 0 Å². The van der Waals surface area contributed by atoms with Crippen LogP contribution in [-0.4, -0.2) is 26.1 Å². The maximum absolute atomic E-state index is 6.09. The number of rotatable bonds is 4. The highest BCUT2D eigenvalue weighted by atomic mass is 79.9. The molecule has 1 aromatic heterocycles. The molecule has 3 rings (SSSR count). The van der Waals surface area contributed by atoms with E-state index in [2.05, 4.69) is 49.3 Å². The molecule has 1 saturated carbocycles. The molecule has 0 aliphatic heterocycles. The molecule has 2 atom stereocenters. The Balaban J connectivity index is 1.88. The van der Waals surface area contributed by atoms with Crippen LogP contribution in [0.1, 0.15) is 37.1 Å². The Morgan fingerprint density at radius 3 is 2.87 bits per heavy atom. The Labute approximate surface area is 149 Å². The second kappa shape index (κ2) is 7.03. The monoisotopic (exact) mass is 390 g/mol. The summed E-state index contributed by atoms with van der Waals surface area (Å²) in [6.45, 7) is 0. The van der Waals surface area contributed by atoms with Crippen molar-refractivity contribution in [1.29, 1.82) is 0 Å². The number of nitrogens with two attached hydrogens (primary N) is 1. The van der Waals surface area contributed by atoms with E-state index in [0.29, 0.717) is 0 Å². The van der Waals surface area contributed by atoms with Gasteiger partial charge in [-0.05, 0) is 41.8 Å². The van der Waals surface area contributed by atoms with Gasteiger partial charge in [0.05, 0.1) is 0 Å². The third kappa shape index (κ3) is 3.76. The van der Waals surface area contributed by atoms with Gasteiger partial charge in [-0.15, -0.1) is 0 Å². The van der Waals surface area contributed by atoms with Crippen LogP contribution in [0.5, 0.6) is 0 Å². The average molecular weight is 391 g/mol. The molecule has 0 amide bonds. The second-order valence-corrected chi connectivity index (χ2v) is 7.62. The molecule has 1 fully saturated rings. The molecule has 3 N–H and O–H groups in total. The van der Waals surface area contributed by atoms with Gasteiger partial charge in [0.25, 0.3) is 0 Å². The number of halogens is 1. The standard InChI is InChI=1S/C17H19BrN4S/c18-13(8-12-4-2-1-3-5-12)9-17(16-20-11-21-22-16)7-6-14(19)15(23)10-17/h1-5,8,11,14H,6-7,9-10,19H2,(H,20,21,22). The molecule has 6 heteroatoms. The van der Waals surface area contributed by atoms with Crippen LogP contribution in [0.2, 0.25) is 0 Å². The Morgan fingerprint density at radius 1 is 1.43 bits per heavy atom. The van der Waals surface area contributed by atoms with Gasteiger partial charge in [0, 0.05) is 16.3 Å². The maximum atomic E-state index is 6.09. The highest BCUT2D eigenvalue weighted by Gasteiger charge is 2.41. The highest BCUT2D eigenvalue weighted by molar-refractivity contribution is 9.11. The van der Waals surface area contributed by atoms with E-state index >= 15 is 0 Å². The Bertz CT molecular complexity index is 699. The van der Waals surface area contributed by atoms with Crippen molar-refractivity contribution in [3.05, 3.63) is 52.5 Å². The molecular formula is C17H19BrN4S. The molecule has 0 bridgehead atoms. The topological polar surface area (TPSA) is 67.6 Å². The van der Waals surface area contributed by atoms with E-state index in [1.54, 1.807) is 6.33 Å². The average Bonchev–Trinajstić information content (AvgIpc) is 3.07. The number of hydrogen-bond donors (Lipinski definition) is 2. The predicted octanol–water partition coefficient (Wildman–Crippen LogP) is 3.75. The molecule has 1 aliphatic rings. The lowest BCUT2D eigenvalue weighted by Crippen LogP contribution is -2.43. The summed E-state index contributed by atoms with van der Waals surface area (Å²) in [4.78, 5) is 5.34. The molecule has 120 valence electrons. The van der Waals surface area contributed by atoms with Crippen LogP contribution in [-0.2, 0) is 5.41 Å². The molecule has 0 saturated heterocycles. The van der Waals surface area contributed by atoms with Crippen LogP contribution in [0.4, 0.5) is 0 Å².